The van der Waals surface area contributed by atoms with Crippen LogP contribution in [0.2, 0.25) is 5.02 Å². The number of aliphatic imine (C=N–C) groups is 2. The Labute approximate surface area is 209 Å². The smallest absolute Gasteiger partial charge is 0.344 e. The van der Waals surface area contributed by atoms with E-state index < -0.39 is 5.82 Å². The zero-order valence-corrected chi connectivity index (χ0v) is 20.4. The van der Waals surface area contributed by atoms with E-state index >= 15 is 4.39 Å². The van der Waals surface area contributed by atoms with Crippen molar-refractivity contribution in [3.05, 3.63) is 52.3 Å². The monoisotopic (exact) mass is 495 g/mol. The predicted octanol–water partition coefficient (Wildman–Crippen LogP) is 4.31. The molecule has 2 heterocycles. The van der Waals surface area contributed by atoms with Gasteiger partial charge in [0, 0.05) is 59.5 Å². The van der Waals surface area contributed by atoms with Gasteiger partial charge in [-0.1, -0.05) is 35.7 Å². The average Bonchev–Trinajstić information content (AvgIpc) is 3.03. The van der Waals surface area contributed by atoms with E-state index in [1.165, 1.54) is 0 Å². The van der Waals surface area contributed by atoms with Crippen molar-refractivity contribution in [2.24, 2.45) is 15.7 Å². The molecule has 2 aromatic carbocycles. The maximum atomic E-state index is 16.0. The quantitative estimate of drug-likeness (QED) is 0.391. The molecule has 1 saturated heterocycles. The molecular weight excluding hydrogens is 469 g/mol. The van der Waals surface area contributed by atoms with Gasteiger partial charge < -0.3 is 15.4 Å². The van der Waals surface area contributed by atoms with Crippen molar-refractivity contribution < 1.29 is 13.9 Å². The first kappa shape index (κ1) is 24.7. The molecule has 35 heavy (non-hydrogen) atoms. The van der Waals surface area contributed by atoms with E-state index in [9.17, 15) is 4.79 Å². The van der Waals surface area contributed by atoms with E-state index in [4.69, 9.17) is 22.1 Å². The molecule has 2 unspecified atom stereocenters. The highest BCUT2D eigenvalue weighted by atomic mass is 35.5. The number of rotatable bonds is 3. The van der Waals surface area contributed by atoms with Gasteiger partial charge in [0.25, 0.3) is 0 Å². The van der Waals surface area contributed by atoms with Crippen molar-refractivity contribution >= 4 is 30.3 Å². The molecule has 2 aliphatic rings. The molecule has 2 atom stereocenters. The van der Waals surface area contributed by atoms with Crippen LogP contribution in [-0.4, -0.2) is 60.8 Å². The number of urea groups is 1. The molecule has 182 valence electrons. The topological polar surface area (TPSA) is 83.5 Å². The summed E-state index contributed by atoms with van der Waals surface area (Å²) in [6.07, 6.45) is 3.66. The van der Waals surface area contributed by atoms with E-state index in [1.54, 1.807) is 31.0 Å². The molecule has 2 aromatic rings. The highest BCUT2D eigenvalue weighted by Gasteiger charge is 2.36. The van der Waals surface area contributed by atoms with Crippen LogP contribution in [0, 0.1) is 17.7 Å². The van der Waals surface area contributed by atoms with Gasteiger partial charge >= 0.3 is 6.03 Å². The first-order valence-corrected chi connectivity index (χ1v) is 11.7. The Morgan fingerprint density at radius 2 is 2.20 bits per heavy atom. The Balaban J connectivity index is 1.61. The maximum Gasteiger partial charge on any atom is 0.344 e. The number of carbonyl (C=O) groups is 1. The number of nitrogens with zero attached hydrogens (tertiary/aromatic N) is 4. The summed E-state index contributed by atoms with van der Waals surface area (Å²) in [6, 6.07) is 8.67. The van der Waals surface area contributed by atoms with Crippen LogP contribution in [0.25, 0.3) is 11.1 Å². The van der Waals surface area contributed by atoms with Crippen LogP contribution in [0.15, 0.2) is 40.3 Å². The summed E-state index contributed by atoms with van der Waals surface area (Å²) >= 11 is 6.41. The number of piperidine rings is 1. The summed E-state index contributed by atoms with van der Waals surface area (Å²) in [5, 5.41) is 0.451. The van der Waals surface area contributed by atoms with Crippen LogP contribution >= 0.6 is 11.6 Å². The van der Waals surface area contributed by atoms with Crippen molar-refractivity contribution in [3.63, 3.8) is 0 Å². The van der Waals surface area contributed by atoms with Crippen molar-refractivity contribution in [1.82, 2.24) is 9.80 Å². The first-order chi connectivity index (χ1) is 16.9. The molecule has 0 spiro atoms. The van der Waals surface area contributed by atoms with Gasteiger partial charge in [0.15, 0.2) is 11.6 Å². The van der Waals surface area contributed by atoms with Gasteiger partial charge in [0.2, 0.25) is 0 Å². The third kappa shape index (κ3) is 5.16. The number of carbonyl (C=O) groups excluding carboxylic acids is 1. The minimum atomic E-state index is -0.452. The van der Waals surface area contributed by atoms with Crippen molar-refractivity contribution in [2.75, 3.05) is 20.2 Å². The molecule has 0 aliphatic carbocycles. The summed E-state index contributed by atoms with van der Waals surface area (Å²) < 4.78 is 22.0. The number of ether oxygens (including phenoxy) is 1. The number of halogens is 2. The van der Waals surface area contributed by atoms with Crippen molar-refractivity contribution in [3.8, 4) is 28.7 Å². The SMILES string of the molecule is CC#Cc1cc2c(c(F)c1-c1ccccc1Cl)OCC1CC(N(C)C(=O)/N=C/N=CN)CCN1C2. The minimum absolute atomic E-state index is 0.0161. The fourth-order valence-corrected chi connectivity index (χ4v) is 4.93. The summed E-state index contributed by atoms with van der Waals surface area (Å²) in [4.78, 5) is 23.7. The molecular formula is C26H27ClFN5O2. The van der Waals surface area contributed by atoms with Gasteiger partial charge in [-0.2, -0.15) is 4.99 Å². The van der Waals surface area contributed by atoms with E-state index in [2.05, 4.69) is 26.7 Å². The van der Waals surface area contributed by atoms with Gasteiger partial charge in [0.1, 0.15) is 12.9 Å². The number of hydrogen-bond acceptors (Lipinski definition) is 3. The maximum absolute atomic E-state index is 16.0. The van der Waals surface area contributed by atoms with Gasteiger partial charge in [-0.3, -0.25) is 4.90 Å². The van der Waals surface area contributed by atoms with E-state index in [0.29, 0.717) is 41.3 Å². The van der Waals surface area contributed by atoms with Gasteiger partial charge in [-0.05, 0) is 31.9 Å². The van der Waals surface area contributed by atoms with Crippen LogP contribution in [0.5, 0.6) is 5.75 Å². The second kappa shape index (κ2) is 10.9. The van der Waals surface area contributed by atoms with E-state index in [-0.39, 0.29) is 23.9 Å². The van der Waals surface area contributed by atoms with Gasteiger partial charge in [-0.15, -0.1) is 5.92 Å². The van der Waals surface area contributed by atoms with E-state index in [1.807, 2.05) is 18.2 Å². The van der Waals surface area contributed by atoms with Gasteiger partial charge in [0.05, 0.1) is 6.34 Å². The number of nitrogens with two attached hydrogens (primary N) is 1. The molecule has 0 radical (unpaired) electrons. The summed E-state index contributed by atoms with van der Waals surface area (Å²) in [5.41, 5.74) is 7.45. The van der Waals surface area contributed by atoms with Crippen molar-refractivity contribution in [1.29, 1.82) is 0 Å². The number of fused-ring (bicyclic) bond motifs is 2. The molecule has 7 nitrogen and oxygen atoms in total. The Hall–Kier alpha value is -3.41. The van der Waals surface area contributed by atoms with Gasteiger partial charge in [-0.25, -0.2) is 14.2 Å². The second-order valence-electron chi connectivity index (χ2n) is 8.51. The van der Waals surface area contributed by atoms with E-state index in [0.717, 1.165) is 31.2 Å². The number of hydrogen-bond donors (Lipinski definition) is 1. The normalized spacial score (nSPS) is 19.9. The fourth-order valence-electron chi connectivity index (χ4n) is 4.70. The lowest BCUT2D eigenvalue weighted by atomic mass is 9.94. The minimum Gasteiger partial charge on any atom is -0.489 e. The van der Waals surface area contributed by atoms with Crippen LogP contribution in [0.3, 0.4) is 0 Å². The van der Waals surface area contributed by atoms with Crippen LogP contribution in [0.4, 0.5) is 9.18 Å². The Bertz CT molecular complexity index is 1240. The molecule has 0 bridgehead atoms. The lowest BCUT2D eigenvalue weighted by Gasteiger charge is -2.40. The molecule has 2 aliphatic heterocycles. The zero-order valence-electron chi connectivity index (χ0n) is 19.7. The average molecular weight is 496 g/mol. The highest BCUT2D eigenvalue weighted by molar-refractivity contribution is 6.33. The molecule has 0 aromatic heterocycles. The van der Waals surface area contributed by atoms with Crippen LogP contribution in [0.1, 0.15) is 30.9 Å². The largest absolute Gasteiger partial charge is 0.489 e. The molecule has 1 fully saturated rings. The molecule has 0 saturated carbocycles. The Morgan fingerprint density at radius 3 is 2.94 bits per heavy atom. The second-order valence-corrected chi connectivity index (χ2v) is 8.91. The lowest BCUT2D eigenvalue weighted by molar-refractivity contribution is 0.0652. The summed E-state index contributed by atoms with van der Waals surface area (Å²) in [7, 11) is 1.73. The molecule has 2 N–H and O–H groups in total. The van der Waals surface area contributed by atoms with Crippen LogP contribution < -0.4 is 10.5 Å². The number of benzene rings is 2. The molecule has 9 heteroatoms. The highest BCUT2D eigenvalue weighted by Crippen LogP contribution is 2.41. The molecule has 4 rings (SSSR count). The Morgan fingerprint density at radius 1 is 1.40 bits per heavy atom. The van der Waals surface area contributed by atoms with Crippen LogP contribution in [-0.2, 0) is 6.54 Å². The zero-order chi connectivity index (χ0) is 24.9. The fraction of sp³-hybridized carbons (Fsp3) is 0.346. The predicted molar refractivity (Wildman–Crippen MR) is 136 cm³/mol. The summed E-state index contributed by atoms with van der Waals surface area (Å²) in [6.45, 7) is 3.31. The number of amides is 2. The standard InChI is InChI=1S/C26H27ClFN5O2/c1-3-6-17-11-18-13-33-10-9-19(32(2)26(34)31-16-30-15-29)12-20(33)14-35-25(18)24(28)23(17)21-7-4-5-8-22(21)27/h4-5,7-8,11,15-16,19-20H,9-10,12-14H2,1-2H3,(H2,29,30,31,34). The first-order valence-electron chi connectivity index (χ1n) is 11.4. The lowest BCUT2D eigenvalue weighted by Crippen LogP contribution is -2.51. The molecule has 2 amide bonds. The Kier molecular flexibility index (Phi) is 7.69. The van der Waals surface area contributed by atoms with Crippen molar-refractivity contribution in [2.45, 2.75) is 38.4 Å². The third-order valence-electron chi connectivity index (χ3n) is 6.48. The third-order valence-corrected chi connectivity index (χ3v) is 6.80. The summed E-state index contributed by atoms with van der Waals surface area (Å²) in [5.74, 6) is 5.72.